The SMILES string of the molecule is COC(=O)c1ccc2c(n1)N(Cc1cc(F)cc(F)c1)C(=O)CO2. The fraction of sp³-hybridized carbons (Fsp3) is 0.188. The lowest BCUT2D eigenvalue weighted by Gasteiger charge is -2.28. The van der Waals surface area contributed by atoms with Gasteiger partial charge in [0.05, 0.1) is 13.7 Å². The van der Waals surface area contributed by atoms with Crippen molar-refractivity contribution in [3.05, 3.63) is 53.2 Å². The van der Waals surface area contributed by atoms with Gasteiger partial charge in [0.25, 0.3) is 5.91 Å². The van der Waals surface area contributed by atoms with E-state index >= 15 is 0 Å². The number of anilines is 1. The number of hydrogen-bond donors (Lipinski definition) is 0. The third kappa shape index (κ3) is 3.03. The van der Waals surface area contributed by atoms with Crippen molar-refractivity contribution in [2.45, 2.75) is 6.54 Å². The Kier molecular flexibility index (Phi) is 4.11. The Balaban J connectivity index is 1.99. The molecule has 124 valence electrons. The number of carbonyl (C=O) groups excluding carboxylic acids is 2. The Bertz CT molecular complexity index is 805. The number of pyridine rings is 1. The molecule has 0 saturated heterocycles. The molecule has 0 atom stereocenters. The highest BCUT2D eigenvalue weighted by Crippen LogP contribution is 2.31. The maximum absolute atomic E-state index is 13.3. The topological polar surface area (TPSA) is 68.7 Å². The number of amides is 1. The first-order valence-electron chi connectivity index (χ1n) is 6.95. The minimum atomic E-state index is -0.748. The average molecular weight is 334 g/mol. The van der Waals surface area contributed by atoms with Crippen LogP contribution in [-0.4, -0.2) is 30.6 Å². The summed E-state index contributed by atoms with van der Waals surface area (Å²) in [6.07, 6.45) is 0. The minimum Gasteiger partial charge on any atom is -0.480 e. The summed E-state index contributed by atoms with van der Waals surface area (Å²) in [4.78, 5) is 29.0. The van der Waals surface area contributed by atoms with Gasteiger partial charge in [0.15, 0.2) is 23.9 Å². The predicted octanol–water partition coefficient (Wildman–Crippen LogP) is 2.07. The molecule has 0 N–H and O–H groups in total. The van der Waals surface area contributed by atoms with Crippen molar-refractivity contribution in [3.8, 4) is 5.75 Å². The van der Waals surface area contributed by atoms with Crippen LogP contribution >= 0.6 is 0 Å². The number of hydrogen-bond acceptors (Lipinski definition) is 5. The van der Waals surface area contributed by atoms with E-state index in [-0.39, 0.29) is 30.2 Å². The normalized spacial score (nSPS) is 13.3. The van der Waals surface area contributed by atoms with E-state index in [9.17, 15) is 18.4 Å². The van der Waals surface area contributed by atoms with Crippen LogP contribution in [0.1, 0.15) is 16.1 Å². The van der Waals surface area contributed by atoms with Gasteiger partial charge in [-0.25, -0.2) is 18.6 Å². The largest absolute Gasteiger partial charge is 0.480 e. The van der Waals surface area contributed by atoms with Crippen molar-refractivity contribution < 1.29 is 27.8 Å². The van der Waals surface area contributed by atoms with Gasteiger partial charge in [0, 0.05) is 6.07 Å². The van der Waals surface area contributed by atoms with Crippen LogP contribution in [0.25, 0.3) is 0 Å². The van der Waals surface area contributed by atoms with Crippen LogP contribution in [0.4, 0.5) is 14.6 Å². The lowest BCUT2D eigenvalue weighted by Crippen LogP contribution is -2.39. The number of benzene rings is 1. The highest BCUT2D eigenvalue weighted by molar-refractivity contribution is 5.97. The van der Waals surface area contributed by atoms with Gasteiger partial charge in [-0.05, 0) is 29.8 Å². The molecule has 0 aliphatic carbocycles. The molecule has 8 heteroatoms. The molecule has 0 saturated carbocycles. The zero-order valence-electron chi connectivity index (χ0n) is 12.6. The van der Waals surface area contributed by atoms with Crippen molar-refractivity contribution in [2.75, 3.05) is 18.6 Å². The Labute approximate surface area is 135 Å². The number of rotatable bonds is 3. The van der Waals surface area contributed by atoms with Gasteiger partial charge in [-0.2, -0.15) is 0 Å². The zero-order valence-corrected chi connectivity index (χ0v) is 12.6. The molecule has 3 rings (SSSR count). The van der Waals surface area contributed by atoms with Gasteiger partial charge in [0.2, 0.25) is 0 Å². The van der Waals surface area contributed by atoms with E-state index < -0.39 is 23.5 Å². The summed E-state index contributed by atoms with van der Waals surface area (Å²) >= 11 is 0. The molecule has 0 radical (unpaired) electrons. The second-order valence-electron chi connectivity index (χ2n) is 5.06. The third-order valence-electron chi connectivity index (χ3n) is 3.40. The van der Waals surface area contributed by atoms with Crippen LogP contribution in [0.3, 0.4) is 0 Å². The molecule has 2 heterocycles. The maximum Gasteiger partial charge on any atom is 0.356 e. The van der Waals surface area contributed by atoms with Crippen LogP contribution in [0.15, 0.2) is 30.3 Å². The smallest absolute Gasteiger partial charge is 0.356 e. The molecule has 0 unspecified atom stereocenters. The van der Waals surface area contributed by atoms with Crippen molar-refractivity contribution >= 4 is 17.7 Å². The molecule has 1 aromatic heterocycles. The fourth-order valence-corrected chi connectivity index (χ4v) is 2.34. The summed E-state index contributed by atoms with van der Waals surface area (Å²) < 4.78 is 36.6. The number of aromatic nitrogens is 1. The Morgan fingerprint density at radius 1 is 1.29 bits per heavy atom. The number of ether oxygens (including phenoxy) is 2. The first-order valence-corrected chi connectivity index (χ1v) is 6.95. The Morgan fingerprint density at radius 3 is 2.67 bits per heavy atom. The quantitative estimate of drug-likeness (QED) is 0.804. The van der Waals surface area contributed by atoms with E-state index in [1.54, 1.807) is 0 Å². The van der Waals surface area contributed by atoms with Crippen LogP contribution in [-0.2, 0) is 16.1 Å². The lowest BCUT2D eigenvalue weighted by atomic mass is 10.2. The molecular weight excluding hydrogens is 322 g/mol. The Morgan fingerprint density at radius 2 is 2.00 bits per heavy atom. The third-order valence-corrected chi connectivity index (χ3v) is 3.40. The monoisotopic (exact) mass is 334 g/mol. The van der Waals surface area contributed by atoms with E-state index in [1.165, 1.54) is 24.1 Å². The summed E-state index contributed by atoms with van der Waals surface area (Å²) in [6.45, 7) is -0.342. The number of methoxy groups -OCH3 is 1. The van der Waals surface area contributed by atoms with Gasteiger partial charge >= 0.3 is 5.97 Å². The number of halogens is 2. The van der Waals surface area contributed by atoms with Gasteiger partial charge < -0.3 is 9.47 Å². The molecule has 24 heavy (non-hydrogen) atoms. The lowest BCUT2D eigenvalue weighted by molar-refractivity contribution is -0.121. The first kappa shape index (κ1) is 15.9. The standard InChI is InChI=1S/C16H12F2N2O4/c1-23-16(22)12-2-3-13-15(19-12)20(14(21)8-24-13)7-9-4-10(17)6-11(18)5-9/h2-6H,7-8H2,1H3. The van der Waals surface area contributed by atoms with E-state index in [4.69, 9.17) is 4.74 Å². The van der Waals surface area contributed by atoms with E-state index in [1.807, 2.05) is 0 Å². The molecule has 1 aliphatic heterocycles. The second-order valence-corrected chi connectivity index (χ2v) is 5.06. The summed E-state index contributed by atoms with van der Waals surface area (Å²) in [5.74, 6) is -2.23. The zero-order chi connectivity index (χ0) is 17.3. The van der Waals surface area contributed by atoms with Crippen LogP contribution in [0.5, 0.6) is 5.75 Å². The summed E-state index contributed by atoms with van der Waals surface area (Å²) in [5.41, 5.74) is 0.240. The van der Waals surface area contributed by atoms with Crippen molar-refractivity contribution in [3.63, 3.8) is 0 Å². The van der Waals surface area contributed by atoms with Gasteiger partial charge in [-0.3, -0.25) is 9.69 Å². The van der Waals surface area contributed by atoms with E-state index in [2.05, 4.69) is 9.72 Å². The van der Waals surface area contributed by atoms with Crippen LogP contribution in [0, 0.1) is 11.6 Å². The minimum absolute atomic E-state index is 0.00928. The summed E-state index contributed by atoms with van der Waals surface area (Å²) in [6, 6.07) is 5.87. The molecule has 0 bridgehead atoms. The molecule has 1 aliphatic rings. The van der Waals surface area contributed by atoms with E-state index in [0.717, 1.165) is 18.2 Å². The van der Waals surface area contributed by atoms with Crippen molar-refractivity contribution in [2.24, 2.45) is 0 Å². The van der Waals surface area contributed by atoms with Crippen LogP contribution in [0.2, 0.25) is 0 Å². The fourth-order valence-electron chi connectivity index (χ4n) is 2.34. The molecule has 0 fully saturated rings. The molecule has 0 spiro atoms. The average Bonchev–Trinajstić information content (AvgIpc) is 2.55. The molecule has 2 aromatic rings. The summed E-state index contributed by atoms with van der Waals surface area (Å²) in [5, 5.41) is 0. The molecule has 1 amide bonds. The molecular formula is C16H12F2N2O4. The van der Waals surface area contributed by atoms with Crippen LogP contribution < -0.4 is 9.64 Å². The predicted molar refractivity (Wildman–Crippen MR) is 78.6 cm³/mol. The van der Waals surface area contributed by atoms with Gasteiger partial charge in [-0.15, -0.1) is 0 Å². The van der Waals surface area contributed by atoms with Crippen molar-refractivity contribution in [1.82, 2.24) is 4.98 Å². The highest BCUT2D eigenvalue weighted by Gasteiger charge is 2.28. The molecule has 1 aromatic carbocycles. The number of carbonyl (C=O) groups is 2. The highest BCUT2D eigenvalue weighted by atomic mass is 19.1. The number of esters is 1. The van der Waals surface area contributed by atoms with Gasteiger partial charge in [0.1, 0.15) is 11.6 Å². The van der Waals surface area contributed by atoms with E-state index in [0.29, 0.717) is 5.75 Å². The van der Waals surface area contributed by atoms with Gasteiger partial charge in [-0.1, -0.05) is 0 Å². The number of nitrogens with zero attached hydrogens (tertiary/aromatic N) is 2. The Hall–Kier alpha value is -3.03. The summed E-state index contributed by atoms with van der Waals surface area (Å²) in [7, 11) is 1.21. The second kappa shape index (κ2) is 6.23. The first-order chi connectivity index (χ1) is 11.5. The molecule has 6 nitrogen and oxygen atoms in total. The van der Waals surface area contributed by atoms with Crippen molar-refractivity contribution in [1.29, 1.82) is 0 Å². The number of fused-ring (bicyclic) bond motifs is 1. The maximum atomic E-state index is 13.3.